The molecular weight excluding hydrogens is 775 g/mol. The van der Waals surface area contributed by atoms with Crippen molar-refractivity contribution in [1.82, 2.24) is 0 Å². The predicted octanol–water partition coefficient (Wildman–Crippen LogP) is 17.7. The Labute approximate surface area is 362 Å². The van der Waals surface area contributed by atoms with Crippen molar-refractivity contribution in [2.45, 2.75) is 0 Å². The zero-order valence-electron chi connectivity index (χ0n) is 33.1. The van der Waals surface area contributed by atoms with Crippen LogP contribution in [0.15, 0.2) is 224 Å². The van der Waals surface area contributed by atoms with Gasteiger partial charge in [-0.05, 0) is 81.1 Å². The lowest BCUT2D eigenvalue weighted by Gasteiger charge is -2.30. The van der Waals surface area contributed by atoms with E-state index >= 15 is 0 Å². The van der Waals surface area contributed by atoms with E-state index in [0.717, 1.165) is 17.1 Å². The molecule has 0 N–H and O–H groups in total. The van der Waals surface area contributed by atoms with E-state index in [9.17, 15) is 0 Å². The van der Waals surface area contributed by atoms with Crippen LogP contribution in [0.1, 0.15) is 0 Å². The normalized spacial score (nSPS) is 11.6. The second-order valence-electron chi connectivity index (χ2n) is 15.6. The lowest BCUT2D eigenvalue weighted by molar-refractivity contribution is 1.29. The number of rotatable bonds is 7. The van der Waals surface area contributed by atoms with Crippen molar-refractivity contribution in [3.05, 3.63) is 224 Å². The van der Waals surface area contributed by atoms with Crippen molar-refractivity contribution in [1.29, 1.82) is 0 Å². The van der Waals surface area contributed by atoms with Crippen LogP contribution in [0.25, 0.3) is 95.6 Å². The summed E-state index contributed by atoms with van der Waals surface area (Å²) in [6.07, 6.45) is 0. The van der Waals surface area contributed by atoms with E-state index in [0.29, 0.717) is 0 Å². The van der Waals surface area contributed by atoms with Crippen LogP contribution in [0.4, 0.5) is 17.1 Å². The van der Waals surface area contributed by atoms with Crippen LogP contribution in [0.5, 0.6) is 0 Å². The van der Waals surface area contributed by atoms with E-state index in [1.165, 1.54) is 95.6 Å². The van der Waals surface area contributed by atoms with Crippen molar-refractivity contribution in [3.8, 4) is 44.5 Å². The maximum Gasteiger partial charge on any atom is 0.0540 e. The summed E-state index contributed by atoms with van der Waals surface area (Å²) in [5.41, 5.74) is 13.0. The Morgan fingerprint density at radius 2 is 0.721 bits per heavy atom. The fourth-order valence-electron chi connectivity index (χ4n) is 9.29. The molecule has 0 aliphatic carbocycles. The summed E-state index contributed by atoms with van der Waals surface area (Å²) in [5, 5.41) is 7.70. The molecule has 61 heavy (non-hydrogen) atoms. The Balaban J connectivity index is 1.06. The SMILES string of the molecule is c1cc(-c2cccc(N(c3ccccc3-c3cccc4ccccc34)c3ccccc3-c3cccc4c3sc3ccccc34)c2)cc(-c2cccc3c2sc2ccccc23)c1. The highest BCUT2D eigenvalue weighted by molar-refractivity contribution is 7.26. The van der Waals surface area contributed by atoms with Gasteiger partial charge in [0.2, 0.25) is 0 Å². The molecular formula is C58H37NS2. The third-order valence-electron chi connectivity index (χ3n) is 12.1. The topological polar surface area (TPSA) is 3.24 Å². The summed E-state index contributed by atoms with van der Waals surface area (Å²) in [6, 6.07) is 82.5. The Bertz CT molecular complexity index is 3620. The molecule has 2 heterocycles. The van der Waals surface area contributed by atoms with Gasteiger partial charge in [-0.25, -0.2) is 0 Å². The first-order valence-corrected chi connectivity index (χ1v) is 22.4. The second kappa shape index (κ2) is 14.8. The Hall–Kier alpha value is -7.30. The lowest BCUT2D eigenvalue weighted by atomic mass is 9.94. The predicted molar refractivity (Wildman–Crippen MR) is 266 cm³/mol. The van der Waals surface area contributed by atoms with Crippen molar-refractivity contribution in [2.75, 3.05) is 4.90 Å². The third kappa shape index (κ3) is 6.04. The van der Waals surface area contributed by atoms with E-state index in [2.05, 4.69) is 229 Å². The molecule has 286 valence electrons. The van der Waals surface area contributed by atoms with Crippen LogP contribution < -0.4 is 4.90 Å². The zero-order valence-corrected chi connectivity index (χ0v) is 34.8. The molecule has 0 radical (unpaired) electrons. The smallest absolute Gasteiger partial charge is 0.0540 e. The molecule has 0 spiro atoms. The number of nitrogens with zero attached hydrogens (tertiary/aromatic N) is 1. The Morgan fingerprint density at radius 3 is 1.44 bits per heavy atom. The van der Waals surface area contributed by atoms with Gasteiger partial charge in [0.1, 0.15) is 0 Å². The average Bonchev–Trinajstić information content (AvgIpc) is 3.91. The summed E-state index contributed by atoms with van der Waals surface area (Å²) in [5.74, 6) is 0. The maximum atomic E-state index is 2.49. The Morgan fingerprint density at radius 1 is 0.279 bits per heavy atom. The first-order chi connectivity index (χ1) is 30.3. The van der Waals surface area contributed by atoms with Crippen LogP contribution in [0.3, 0.4) is 0 Å². The van der Waals surface area contributed by atoms with Gasteiger partial charge in [0.15, 0.2) is 0 Å². The molecule has 0 aliphatic heterocycles. The summed E-state index contributed by atoms with van der Waals surface area (Å²) in [4.78, 5) is 2.49. The van der Waals surface area contributed by atoms with E-state index in [1.807, 2.05) is 22.7 Å². The van der Waals surface area contributed by atoms with Crippen LogP contribution >= 0.6 is 22.7 Å². The molecule has 2 aromatic heterocycles. The number of hydrogen-bond donors (Lipinski definition) is 0. The number of thiophene rings is 2. The minimum absolute atomic E-state index is 1.10. The van der Waals surface area contributed by atoms with Crippen LogP contribution in [0.2, 0.25) is 0 Å². The molecule has 0 saturated heterocycles. The number of fused-ring (bicyclic) bond motifs is 7. The molecule has 1 nitrogen and oxygen atoms in total. The second-order valence-corrected chi connectivity index (χ2v) is 17.7. The van der Waals surface area contributed by atoms with Gasteiger partial charge in [0.25, 0.3) is 0 Å². The van der Waals surface area contributed by atoms with Gasteiger partial charge in [0, 0.05) is 62.7 Å². The molecule has 0 amide bonds. The molecule has 3 heteroatoms. The quantitative estimate of drug-likeness (QED) is 0.155. The van der Waals surface area contributed by atoms with Gasteiger partial charge >= 0.3 is 0 Å². The van der Waals surface area contributed by atoms with Crippen molar-refractivity contribution in [3.63, 3.8) is 0 Å². The van der Waals surface area contributed by atoms with E-state index in [-0.39, 0.29) is 0 Å². The van der Waals surface area contributed by atoms with Crippen LogP contribution in [0, 0.1) is 0 Å². The average molecular weight is 812 g/mol. The van der Waals surface area contributed by atoms with Gasteiger partial charge in [-0.2, -0.15) is 0 Å². The van der Waals surface area contributed by atoms with Gasteiger partial charge < -0.3 is 4.90 Å². The molecule has 0 atom stereocenters. The molecule has 0 unspecified atom stereocenters. The number of benzene rings is 10. The lowest BCUT2D eigenvalue weighted by Crippen LogP contribution is -2.12. The molecule has 0 aliphatic rings. The minimum Gasteiger partial charge on any atom is -0.309 e. The number of hydrogen-bond acceptors (Lipinski definition) is 3. The van der Waals surface area contributed by atoms with Gasteiger partial charge in [-0.1, -0.05) is 182 Å². The fourth-order valence-corrected chi connectivity index (χ4v) is 11.8. The van der Waals surface area contributed by atoms with Gasteiger partial charge in [-0.3, -0.25) is 0 Å². The van der Waals surface area contributed by atoms with Crippen molar-refractivity contribution >= 4 is 90.9 Å². The molecule has 12 rings (SSSR count). The summed E-state index contributed by atoms with van der Waals surface area (Å²) >= 11 is 3.76. The van der Waals surface area contributed by atoms with Crippen molar-refractivity contribution < 1.29 is 0 Å². The van der Waals surface area contributed by atoms with Gasteiger partial charge in [0.05, 0.1) is 11.4 Å². The zero-order chi connectivity index (χ0) is 40.3. The largest absolute Gasteiger partial charge is 0.309 e. The number of anilines is 3. The standard InChI is InChI=1S/C58H37NS2/c1-2-22-43-38(16-1)17-13-28-45(43)46-23-3-7-32-53(46)59(54-33-8-4-24-47(54)50-29-15-31-52-49-26-6-10-35-56(49)61-58(50)52)42-21-12-19-40(37-42)39-18-11-20-41(36-39)44-27-14-30-51-48-25-5-9-34-55(48)60-57(44)51/h1-37H. The summed E-state index contributed by atoms with van der Waals surface area (Å²) in [6.45, 7) is 0. The maximum absolute atomic E-state index is 2.49. The van der Waals surface area contributed by atoms with Gasteiger partial charge in [-0.15, -0.1) is 22.7 Å². The monoisotopic (exact) mass is 811 g/mol. The molecule has 12 aromatic rings. The van der Waals surface area contributed by atoms with Crippen LogP contribution in [-0.4, -0.2) is 0 Å². The third-order valence-corrected chi connectivity index (χ3v) is 14.5. The van der Waals surface area contributed by atoms with Crippen LogP contribution in [-0.2, 0) is 0 Å². The first-order valence-electron chi connectivity index (χ1n) is 20.7. The highest BCUT2D eigenvalue weighted by Gasteiger charge is 2.23. The molecule has 0 saturated carbocycles. The molecule has 0 fully saturated rings. The first kappa shape index (κ1) is 35.6. The van der Waals surface area contributed by atoms with E-state index in [1.54, 1.807) is 0 Å². The summed E-state index contributed by atoms with van der Waals surface area (Å²) in [7, 11) is 0. The van der Waals surface area contributed by atoms with E-state index < -0.39 is 0 Å². The highest BCUT2D eigenvalue weighted by Crippen LogP contribution is 2.49. The minimum atomic E-state index is 1.10. The molecule has 10 aromatic carbocycles. The van der Waals surface area contributed by atoms with Crippen molar-refractivity contribution in [2.24, 2.45) is 0 Å². The number of para-hydroxylation sites is 2. The summed E-state index contributed by atoms with van der Waals surface area (Å²) < 4.78 is 5.26. The van der Waals surface area contributed by atoms with E-state index in [4.69, 9.17) is 0 Å². The highest BCUT2D eigenvalue weighted by atomic mass is 32.1. The fraction of sp³-hybridized carbons (Fsp3) is 0. The Kier molecular flexibility index (Phi) is 8.62. The molecule has 0 bridgehead atoms.